The van der Waals surface area contributed by atoms with Crippen LogP contribution < -0.4 is 14.8 Å². The molecule has 0 aromatic heterocycles. The lowest BCUT2D eigenvalue weighted by molar-refractivity contribution is -0.126. The first-order valence-corrected chi connectivity index (χ1v) is 12.9. The predicted molar refractivity (Wildman–Crippen MR) is 104 cm³/mol. The van der Waals surface area contributed by atoms with Gasteiger partial charge in [0.15, 0.2) is 21.3 Å². The van der Waals surface area contributed by atoms with Gasteiger partial charge in [-0.05, 0) is 31.4 Å². The summed E-state index contributed by atoms with van der Waals surface area (Å²) in [6, 6.07) is 4.23. The fourth-order valence-electron chi connectivity index (χ4n) is 3.92. The van der Waals surface area contributed by atoms with Crippen molar-refractivity contribution in [2.75, 3.05) is 37.8 Å². The summed E-state index contributed by atoms with van der Waals surface area (Å²) >= 11 is 0. The molecule has 0 bridgehead atoms. The molecular formula is C18H24N2O7S2. The third kappa shape index (κ3) is 4.36. The Morgan fingerprint density at radius 2 is 1.76 bits per heavy atom. The number of ether oxygens (including phenoxy) is 2. The Bertz CT molecular complexity index is 999. The maximum absolute atomic E-state index is 13.0. The van der Waals surface area contributed by atoms with Gasteiger partial charge in [-0.1, -0.05) is 0 Å². The van der Waals surface area contributed by atoms with Crippen LogP contribution in [0.25, 0.3) is 0 Å². The molecule has 4 rings (SSSR count). The number of rotatable bonds is 4. The summed E-state index contributed by atoms with van der Waals surface area (Å²) in [4.78, 5) is 12.6. The highest BCUT2D eigenvalue weighted by Crippen LogP contribution is 2.34. The number of carbonyl (C=O) groups excluding carboxylic acids is 1. The standard InChI is InChI=1S/C18H24N2O7S2/c21-18(19-14-5-10-28(22,23)12-14)13-3-6-20(7-4-13)29(24,25)15-1-2-16-17(11-15)27-9-8-26-16/h1-2,11,13-14H,3-10,12H2,(H,19,21)/t14-/m1/s1. The van der Waals surface area contributed by atoms with Gasteiger partial charge in [-0.3, -0.25) is 4.79 Å². The highest BCUT2D eigenvalue weighted by Gasteiger charge is 2.35. The Morgan fingerprint density at radius 3 is 2.41 bits per heavy atom. The maximum Gasteiger partial charge on any atom is 0.243 e. The van der Waals surface area contributed by atoms with Crippen LogP contribution in [-0.2, 0) is 24.7 Å². The highest BCUT2D eigenvalue weighted by molar-refractivity contribution is 7.91. The lowest BCUT2D eigenvalue weighted by Crippen LogP contribution is -2.45. The van der Waals surface area contributed by atoms with Crippen molar-refractivity contribution in [1.82, 2.24) is 9.62 Å². The smallest absolute Gasteiger partial charge is 0.243 e. The lowest BCUT2D eigenvalue weighted by Gasteiger charge is -2.31. The van der Waals surface area contributed by atoms with E-state index in [-0.39, 0.29) is 47.4 Å². The molecule has 3 aliphatic rings. The van der Waals surface area contributed by atoms with E-state index in [4.69, 9.17) is 9.47 Å². The molecule has 1 N–H and O–H groups in total. The Morgan fingerprint density at radius 1 is 1.07 bits per heavy atom. The van der Waals surface area contributed by atoms with Gasteiger partial charge >= 0.3 is 0 Å². The fourth-order valence-corrected chi connectivity index (χ4v) is 7.08. The molecule has 0 aliphatic carbocycles. The summed E-state index contributed by atoms with van der Waals surface area (Å²) < 4.78 is 61.3. The minimum atomic E-state index is -3.70. The second kappa shape index (κ2) is 7.77. The second-order valence-electron chi connectivity index (χ2n) is 7.59. The maximum atomic E-state index is 13.0. The minimum absolute atomic E-state index is 0.0178. The first-order chi connectivity index (χ1) is 13.7. The van der Waals surface area contributed by atoms with E-state index >= 15 is 0 Å². The molecule has 0 unspecified atom stereocenters. The van der Waals surface area contributed by atoms with Crippen LogP contribution >= 0.6 is 0 Å². The number of fused-ring (bicyclic) bond motifs is 1. The number of nitrogens with one attached hydrogen (secondary N) is 1. The number of hydrogen-bond donors (Lipinski definition) is 1. The largest absolute Gasteiger partial charge is 0.486 e. The van der Waals surface area contributed by atoms with Gasteiger partial charge in [-0.2, -0.15) is 4.31 Å². The van der Waals surface area contributed by atoms with E-state index in [0.717, 1.165) is 0 Å². The number of benzene rings is 1. The van der Waals surface area contributed by atoms with Crippen LogP contribution in [0.15, 0.2) is 23.1 Å². The van der Waals surface area contributed by atoms with E-state index in [9.17, 15) is 21.6 Å². The topological polar surface area (TPSA) is 119 Å². The van der Waals surface area contributed by atoms with Crippen molar-refractivity contribution in [3.8, 4) is 11.5 Å². The lowest BCUT2D eigenvalue weighted by atomic mass is 9.97. The average Bonchev–Trinajstić information content (AvgIpc) is 3.05. The molecule has 1 aromatic rings. The van der Waals surface area contributed by atoms with E-state index in [1.54, 1.807) is 6.07 Å². The van der Waals surface area contributed by atoms with Crippen LogP contribution in [0.4, 0.5) is 0 Å². The van der Waals surface area contributed by atoms with Crippen LogP contribution in [-0.4, -0.2) is 70.9 Å². The van der Waals surface area contributed by atoms with Crippen molar-refractivity contribution in [2.45, 2.75) is 30.2 Å². The van der Waals surface area contributed by atoms with Gasteiger partial charge in [0, 0.05) is 31.1 Å². The number of piperidine rings is 1. The van der Waals surface area contributed by atoms with Crippen molar-refractivity contribution in [1.29, 1.82) is 0 Å². The van der Waals surface area contributed by atoms with Crippen LogP contribution in [0.2, 0.25) is 0 Å². The molecular weight excluding hydrogens is 420 g/mol. The van der Waals surface area contributed by atoms with Crippen molar-refractivity contribution in [3.05, 3.63) is 18.2 Å². The molecule has 3 aliphatic heterocycles. The molecule has 160 valence electrons. The van der Waals surface area contributed by atoms with Crippen molar-refractivity contribution in [2.24, 2.45) is 5.92 Å². The van der Waals surface area contributed by atoms with Gasteiger partial charge in [0.1, 0.15) is 13.2 Å². The molecule has 9 nitrogen and oxygen atoms in total. The Balaban J connectivity index is 1.37. The Labute approximate surface area is 170 Å². The molecule has 0 saturated carbocycles. The summed E-state index contributed by atoms with van der Waals surface area (Å²) in [6.45, 7) is 1.27. The molecule has 3 heterocycles. The van der Waals surface area contributed by atoms with Gasteiger partial charge in [-0.25, -0.2) is 16.8 Å². The summed E-state index contributed by atoms with van der Waals surface area (Å²) in [6.07, 6.45) is 1.23. The molecule has 0 radical (unpaired) electrons. The summed E-state index contributed by atoms with van der Waals surface area (Å²) in [5.74, 6) is 0.520. The van der Waals surface area contributed by atoms with Crippen molar-refractivity contribution >= 4 is 25.8 Å². The summed E-state index contributed by atoms with van der Waals surface area (Å²) in [5, 5.41) is 2.81. The van der Waals surface area contributed by atoms with Gasteiger partial charge < -0.3 is 14.8 Å². The highest BCUT2D eigenvalue weighted by atomic mass is 32.2. The molecule has 11 heteroatoms. The number of nitrogens with zero attached hydrogens (tertiary/aromatic N) is 1. The monoisotopic (exact) mass is 444 g/mol. The third-order valence-corrected chi connectivity index (χ3v) is 9.22. The third-order valence-electron chi connectivity index (χ3n) is 5.55. The van der Waals surface area contributed by atoms with Gasteiger partial charge in [0.25, 0.3) is 0 Å². The number of carbonyl (C=O) groups is 1. The van der Waals surface area contributed by atoms with E-state index < -0.39 is 19.9 Å². The van der Waals surface area contributed by atoms with Crippen LogP contribution in [0.5, 0.6) is 11.5 Å². The molecule has 0 spiro atoms. The zero-order chi connectivity index (χ0) is 20.6. The predicted octanol–water partition coefficient (Wildman–Crippen LogP) is 0.162. The van der Waals surface area contributed by atoms with E-state index in [2.05, 4.69) is 5.32 Å². The summed E-state index contributed by atoms with van der Waals surface area (Å²) in [7, 11) is -6.75. The normalized spacial score (nSPS) is 24.9. The zero-order valence-corrected chi connectivity index (χ0v) is 17.5. The molecule has 1 aromatic carbocycles. The second-order valence-corrected chi connectivity index (χ2v) is 11.8. The fraction of sp³-hybridized carbons (Fsp3) is 0.611. The summed E-state index contributed by atoms with van der Waals surface area (Å²) in [5.41, 5.74) is 0. The number of amides is 1. The average molecular weight is 445 g/mol. The van der Waals surface area contributed by atoms with E-state index in [1.165, 1.54) is 16.4 Å². The molecule has 1 atom stereocenters. The Hall–Kier alpha value is -1.85. The van der Waals surface area contributed by atoms with E-state index in [1.807, 2.05) is 0 Å². The number of hydrogen-bond acceptors (Lipinski definition) is 7. The minimum Gasteiger partial charge on any atom is -0.486 e. The van der Waals surface area contributed by atoms with Crippen LogP contribution in [0, 0.1) is 5.92 Å². The van der Waals surface area contributed by atoms with Crippen LogP contribution in [0.3, 0.4) is 0 Å². The SMILES string of the molecule is O=C(N[C@@H]1CCS(=O)(=O)C1)C1CCN(S(=O)(=O)c2ccc3c(c2)OCCO3)CC1. The van der Waals surface area contributed by atoms with Gasteiger partial charge in [0.2, 0.25) is 15.9 Å². The van der Waals surface area contributed by atoms with Gasteiger partial charge in [0.05, 0.1) is 16.4 Å². The first-order valence-electron chi connectivity index (χ1n) is 9.65. The van der Waals surface area contributed by atoms with Gasteiger partial charge in [-0.15, -0.1) is 0 Å². The van der Waals surface area contributed by atoms with Crippen molar-refractivity contribution in [3.63, 3.8) is 0 Å². The zero-order valence-electron chi connectivity index (χ0n) is 15.9. The Kier molecular flexibility index (Phi) is 5.47. The van der Waals surface area contributed by atoms with Crippen LogP contribution in [0.1, 0.15) is 19.3 Å². The molecule has 1 amide bonds. The van der Waals surface area contributed by atoms with Crippen molar-refractivity contribution < 1.29 is 31.1 Å². The quantitative estimate of drug-likeness (QED) is 0.703. The molecule has 2 saturated heterocycles. The number of sulfonamides is 1. The van der Waals surface area contributed by atoms with E-state index in [0.29, 0.717) is 44.0 Å². The first kappa shape index (κ1) is 20.4. The molecule has 2 fully saturated rings. The number of sulfone groups is 1. The molecule has 29 heavy (non-hydrogen) atoms.